The van der Waals surface area contributed by atoms with E-state index in [0.717, 1.165) is 58.7 Å². The summed E-state index contributed by atoms with van der Waals surface area (Å²) in [5.74, 6) is 0.600. The number of rotatable bonds is 4. The second kappa shape index (κ2) is 7.38. The highest BCUT2D eigenvalue weighted by Gasteiger charge is 2.29. The van der Waals surface area contributed by atoms with E-state index in [1.807, 2.05) is 4.90 Å². The van der Waals surface area contributed by atoms with Crippen LogP contribution >= 0.6 is 0 Å². The summed E-state index contributed by atoms with van der Waals surface area (Å²) in [4.78, 5) is 16.7. The van der Waals surface area contributed by atoms with Gasteiger partial charge in [0.05, 0.1) is 6.04 Å². The van der Waals surface area contributed by atoms with E-state index < -0.39 is 0 Å². The maximum atomic E-state index is 12.3. The molecule has 0 aliphatic carbocycles. The molecule has 20 heavy (non-hydrogen) atoms. The molecule has 0 aromatic heterocycles. The first kappa shape index (κ1) is 15.7. The number of ether oxygens (including phenoxy) is 1. The molecule has 2 fully saturated rings. The van der Waals surface area contributed by atoms with E-state index in [9.17, 15) is 4.79 Å². The van der Waals surface area contributed by atoms with Gasteiger partial charge in [0, 0.05) is 45.4 Å². The largest absolute Gasteiger partial charge is 0.381 e. The van der Waals surface area contributed by atoms with Crippen molar-refractivity contribution in [3.8, 4) is 0 Å². The molecule has 5 heteroatoms. The van der Waals surface area contributed by atoms with Crippen LogP contribution in [0.2, 0.25) is 0 Å². The average Bonchev–Trinajstić information content (AvgIpc) is 2.47. The number of nitrogens with zero attached hydrogens (tertiary/aromatic N) is 2. The first-order valence-electron chi connectivity index (χ1n) is 7.94. The Morgan fingerprint density at radius 3 is 2.35 bits per heavy atom. The van der Waals surface area contributed by atoms with Gasteiger partial charge in [-0.15, -0.1) is 0 Å². The number of hydrogen-bond acceptors (Lipinski definition) is 4. The summed E-state index contributed by atoms with van der Waals surface area (Å²) in [6.07, 6.45) is 3.03. The van der Waals surface area contributed by atoms with Crippen molar-refractivity contribution in [1.29, 1.82) is 0 Å². The van der Waals surface area contributed by atoms with Gasteiger partial charge >= 0.3 is 0 Å². The zero-order valence-corrected chi connectivity index (χ0v) is 12.9. The van der Waals surface area contributed by atoms with E-state index in [1.54, 1.807) is 0 Å². The van der Waals surface area contributed by atoms with Gasteiger partial charge in [-0.25, -0.2) is 0 Å². The second-order valence-corrected chi connectivity index (χ2v) is 6.44. The lowest BCUT2D eigenvalue weighted by Gasteiger charge is -2.41. The van der Waals surface area contributed by atoms with Gasteiger partial charge in [-0.2, -0.15) is 0 Å². The first-order valence-corrected chi connectivity index (χ1v) is 7.94. The quantitative estimate of drug-likeness (QED) is 0.824. The lowest BCUT2D eigenvalue weighted by atomic mass is 10.0. The van der Waals surface area contributed by atoms with Crippen LogP contribution in [-0.4, -0.2) is 67.2 Å². The van der Waals surface area contributed by atoms with E-state index in [0.29, 0.717) is 12.0 Å². The van der Waals surface area contributed by atoms with Gasteiger partial charge in [0.2, 0.25) is 5.91 Å². The first-order chi connectivity index (χ1) is 9.58. The molecule has 0 spiro atoms. The molecule has 0 saturated carbocycles. The van der Waals surface area contributed by atoms with Gasteiger partial charge in [-0.1, -0.05) is 13.8 Å². The van der Waals surface area contributed by atoms with Gasteiger partial charge in [0.1, 0.15) is 0 Å². The summed E-state index contributed by atoms with van der Waals surface area (Å²) in [5, 5.41) is 0. The van der Waals surface area contributed by atoms with Crippen LogP contribution in [0, 0.1) is 5.92 Å². The molecule has 0 aromatic rings. The standard InChI is InChI=1S/C15H29N3O2/c1-12(2)11-14(16)15(19)18-7-5-17(6-8-18)13-3-9-20-10-4-13/h12-14H,3-11,16H2,1-2H3/t14-/m0/s1. The SMILES string of the molecule is CC(C)C[C@H](N)C(=O)N1CCN(C2CCOCC2)CC1. The van der Waals surface area contributed by atoms with E-state index in [1.165, 1.54) is 0 Å². The van der Waals surface area contributed by atoms with E-state index >= 15 is 0 Å². The molecule has 2 heterocycles. The van der Waals surface area contributed by atoms with Gasteiger partial charge in [-0.3, -0.25) is 9.69 Å². The zero-order chi connectivity index (χ0) is 14.5. The molecule has 2 rings (SSSR count). The molecule has 2 aliphatic heterocycles. The summed E-state index contributed by atoms with van der Waals surface area (Å²) in [6.45, 7) is 9.57. The zero-order valence-electron chi connectivity index (χ0n) is 12.9. The summed E-state index contributed by atoms with van der Waals surface area (Å²) in [7, 11) is 0. The Hall–Kier alpha value is -0.650. The maximum Gasteiger partial charge on any atom is 0.239 e. The fraction of sp³-hybridized carbons (Fsp3) is 0.933. The van der Waals surface area contributed by atoms with Gasteiger partial charge in [0.15, 0.2) is 0 Å². The molecule has 0 unspecified atom stereocenters. The fourth-order valence-corrected chi connectivity index (χ4v) is 3.20. The van der Waals surface area contributed by atoms with E-state index in [2.05, 4.69) is 18.7 Å². The van der Waals surface area contributed by atoms with Crippen molar-refractivity contribution in [2.24, 2.45) is 11.7 Å². The van der Waals surface area contributed by atoms with Crippen LogP contribution < -0.4 is 5.73 Å². The van der Waals surface area contributed by atoms with E-state index in [-0.39, 0.29) is 11.9 Å². The Kier molecular flexibility index (Phi) is 5.81. The molecule has 5 nitrogen and oxygen atoms in total. The van der Waals surface area contributed by atoms with Crippen molar-refractivity contribution in [1.82, 2.24) is 9.80 Å². The third-order valence-electron chi connectivity index (χ3n) is 4.38. The molecule has 0 aromatic carbocycles. The minimum Gasteiger partial charge on any atom is -0.381 e. The highest BCUT2D eigenvalue weighted by Crippen LogP contribution is 2.17. The molecule has 0 bridgehead atoms. The van der Waals surface area contributed by atoms with Crippen LogP contribution in [0.15, 0.2) is 0 Å². The van der Waals surface area contributed by atoms with Crippen LogP contribution in [0.25, 0.3) is 0 Å². The van der Waals surface area contributed by atoms with Crippen LogP contribution in [0.3, 0.4) is 0 Å². The van der Waals surface area contributed by atoms with Gasteiger partial charge < -0.3 is 15.4 Å². The predicted molar refractivity (Wildman–Crippen MR) is 79.4 cm³/mol. The molecular weight excluding hydrogens is 254 g/mol. The topological polar surface area (TPSA) is 58.8 Å². The molecule has 116 valence electrons. The lowest BCUT2D eigenvalue weighted by molar-refractivity contribution is -0.135. The lowest BCUT2D eigenvalue weighted by Crippen LogP contribution is -2.56. The van der Waals surface area contributed by atoms with Crippen LogP contribution in [0.5, 0.6) is 0 Å². The van der Waals surface area contributed by atoms with Crippen molar-refractivity contribution < 1.29 is 9.53 Å². The highest BCUT2D eigenvalue weighted by atomic mass is 16.5. The Morgan fingerprint density at radius 2 is 1.80 bits per heavy atom. The summed E-state index contributed by atoms with van der Waals surface area (Å²) in [5.41, 5.74) is 6.01. The Bertz CT molecular complexity index is 308. The van der Waals surface area contributed by atoms with Gasteiger partial charge in [-0.05, 0) is 25.2 Å². The molecule has 2 aliphatic rings. The van der Waals surface area contributed by atoms with Crippen molar-refractivity contribution >= 4 is 5.91 Å². The Morgan fingerprint density at radius 1 is 1.20 bits per heavy atom. The monoisotopic (exact) mass is 283 g/mol. The summed E-state index contributed by atoms with van der Waals surface area (Å²) in [6, 6.07) is 0.315. The molecule has 2 N–H and O–H groups in total. The molecule has 2 saturated heterocycles. The number of amides is 1. The third-order valence-corrected chi connectivity index (χ3v) is 4.38. The number of hydrogen-bond donors (Lipinski definition) is 1. The minimum atomic E-state index is -0.329. The summed E-state index contributed by atoms with van der Waals surface area (Å²) < 4.78 is 5.41. The van der Waals surface area contributed by atoms with Crippen LogP contribution in [0.4, 0.5) is 0 Å². The van der Waals surface area contributed by atoms with Crippen LogP contribution in [0.1, 0.15) is 33.1 Å². The minimum absolute atomic E-state index is 0.130. The van der Waals surface area contributed by atoms with Crippen molar-refractivity contribution in [2.45, 2.75) is 45.2 Å². The Labute approximate surface area is 122 Å². The third kappa shape index (κ3) is 4.17. The van der Waals surface area contributed by atoms with Crippen LogP contribution in [-0.2, 0) is 9.53 Å². The second-order valence-electron chi connectivity index (χ2n) is 6.44. The molecule has 1 amide bonds. The highest BCUT2D eigenvalue weighted by molar-refractivity contribution is 5.81. The van der Waals surface area contributed by atoms with Crippen molar-refractivity contribution in [2.75, 3.05) is 39.4 Å². The normalized spacial score (nSPS) is 24.1. The average molecular weight is 283 g/mol. The fourth-order valence-electron chi connectivity index (χ4n) is 3.20. The molecular formula is C15H29N3O2. The molecule has 1 atom stereocenters. The number of piperazine rings is 1. The smallest absolute Gasteiger partial charge is 0.239 e. The number of carbonyl (C=O) groups is 1. The van der Waals surface area contributed by atoms with Crippen molar-refractivity contribution in [3.63, 3.8) is 0 Å². The number of carbonyl (C=O) groups excluding carboxylic acids is 1. The van der Waals surface area contributed by atoms with E-state index in [4.69, 9.17) is 10.5 Å². The summed E-state index contributed by atoms with van der Waals surface area (Å²) >= 11 is 0. The Balaban J connectivity index is 1.77. The van der Waals surface area contributed by atoms with Crippen molar-refractivity contribution in [3.05, 3.63) is 0 Å². The maximum absolute atomic E-state index is 12.3. The van der Waals surface area contributed by atoms with Gasteiger partial charge in [0.25, 0.3) is 0 Å². The molecule has 0 radical (unpaired) electrons. The predicted octanol–water partition coefficient (Wildman–Crippen LogP) is 0.683. The number of nitrogens with two attached hydrogens (primary N) is 1.